The molecule has 7 heteroatoms. The third-order valence-electron chi connectivity index (χ3n) is 5.09. The summed E-state index contributed by atoms with van der Waals surface area (Å²) in [6.45, 7) is 2.33. The van der Waals surface area contributed by atoms with E-state index in [1.807, 2.05) is 16.8 Å². The second-order valence-corrected chi connectivity index (χ2v) is 6.96. The molecule has 0 radical (unpaired) electrons. The van der Waals surface area contributed by atoms with Crippen LogP contribution in [0.4, 0.5) is 10.2 Å². The molecule has 1 N–H and O–H groups in total. The van der Waals surface area contributed by atoms with Gasteiger partial charge in [-0.2, -0.15) is 5.10 Å². The lowest BCUT2D eigenvalue weighted by atomic mass is 10.0. The smallest absolute Gasteiger partial charge is 0.258 e. The summed E-state index contributed by atoms with van der Waals surface area (Å²) in [5.41, 5.74) is 1.24. The van der Waals surface area contributed by atoms with Crippen molar-refractivity contribution < 1.29 is 9.18 Å². The summed E-state index contributed by atoms with van der Waals surface area (Å²) in [4.78, 5) is 18.6. The molecule has 1 aliphatic heterocycles. The van der Waals surface area contributed by atoms with Crippen molar-refractivity contribution in [3.63, 3.8) is 0 Å². The van der Waals surface area contributed by atoms with E-state index in [9.17, 15) is 9.18 Å². The summed E-state index contributed by atoms with van der Waals surface area (Å²) < 4.78 is 15.8. The Hall–Kier alpha value is -3.06. The fraction of sp³-hybridized carbons (Fsp3) is 0.286. The van der Waals surface area contributed by atoms with Crippen LogP contribution in [0.1, 0.15) is 34.8 Å². The Morgan fingerprint density at radius 3 is 2.68 bits per heavy atom. The van der Waals surface area contributed by atoms with Gasteiger partial charge in [0, 0.05) is 43.7 Å². The van der Waals surface area contributed by atoms with E-state index < -0.39 is 0 Å². The largest absolute Gasteiger partial charge is 0.307 e. The van der Waals surface area contributed by atoms with E-state index in [0.29, 0.717) is 17.9 Å². The van der Waals surface area contributed by atoms with E-state index >= 15 is 0 Å². The number of hydrogen-bond acceptors (Lipinski definition) is 4. The van der Waals surface area contributed by atoms with Crippen LogP contribution < -0.4 is 5.32 Å². The minimum absolute atomic E-state index is 0.155. The Morgan fingerprint density at radius 1 is 1.11 bits per heavy atom. The number of halogens is 1. The first-order valence-electron chi connectivity index (χ1n) is 9.41. The second kappa shape index (κ2) is 8.31. The van der Waals surface area contributed by atoms with Crippen molar-refractivity contribution in [2.45, 2.75) is 25.4 Å². The topological polar surface area (TPSA) is 63.1 Å². The highest BCUT2D eigenvalue weighted by Crippen LogP contribution is 2.26. The quantitative estimate of drug-likeness (QED) is 0.737. The zero-order chi connectivity index (χ0) is 19.3. The minimum atomic E-state index is -0.202. The molecule has 4 rings (SSSR count). The van der Waals surface area contributed by atoms with Gasteiger partial charge in [-0.25, -0.2) is 9.07 Å². The summed E-state index contributed by atoms with van der Waals surface area (Å²) in [5, 5.41) is 7.34. The van der Waals surface area contributed by atoms with Gasteiger partial charge in [0.2, 0.25) is 0 Å². The Kier molecular flexibility index (Phi) is 5.43. The fourth-order valence-electron chi connectivity index (χ4n) is 3.58. The molecule has 2 aromatic heterocycles. The van der Waals surface area contributed by atoms with E-state index in [1.165, 1.54) is 12.3 Å². The summed E-state index contributed by atoms with van der Waals surface area (Å²) in [5.74, 6) is 0.324. The third-order valence-corrected chi connectivity index (χ3v) is 5.09. The van der Waals surface area contributed by atoms with Gasteiger partial charge >= 0.3 is 0 Å². The molecular weight excluding hydrogens is 357 g/mol. The predicted molar refractivity (Wildman–Crippen MR) is 104 cm³/mol. The van der Waals surface area contributed by atoms with Crippen LogP contribution in [0.5, 0.6) is 0 Å². The average Bonchev–Trinajstić information content (AvgIpc) is 3.19. The van der Waals surface area contributed by atoms with Crippen molar-refractivity contribution in [1.29, 1.82) is 0 Å². The number of nitrogens with one attached hydrogen (secondary N) is 1. The van der Waals surface area contributed by atoms with E-state index in [0.717, 1.165) is 31.5 Å². The van der Waals surface area contributed by atoms with Gasteiger partial charge in [-0.1, -0.05) is 18.2 Å². The molecule has 1 fully saturated rings. The lowest BCUT2D eigenvalue weighted by Gasteiger charge is -2.32. The van der Waals surface area contributed by atoms with Gasteiger partial charge in [0.15, 0.2) is 0 Å². The molecule has 1 aromatic carbocycles. The van der Waals surface area contributed by atoms with Gasteiger partial charge in [-0.05, 0) is 31.0 Å². The molecule has 1 amide bonds. The molecule has 6 nitrogen and oxygen atoms in total. The van der Waals surface area contributed by atoms with Crippen LogP contribution in [-0.4, -0.2) is 38.7 Å². The normalized spacial score (nSPS) is 15.5. The summed E-state index contributed by atoms with van der Waals surface area (Å²) >= 11 is 0. The maximum Gasteiger partial charge on any atom is 0.258 e. The Bertz CT molecular complexity index is 935. The number of amides is 1. The number of likely N-dealkylation sites (tertiary alicyclic amines) is 1. The number of aromatic nitrogens is 3. The van der Waals surface area contributed by atoms with E-state index in [1.54, 1.807) is 36.7 Å². The first-order valence-corrected chi connectivity index (χ1v) is 9.41. The second-order valence-electron chi connectivity index (χ2n) is 6.96. The summed E-state index contributed by atoms with van der Waals surface area (Å²) in [6.07, 6.45) is 6.66. The SMILES string of the molecule is O=C(Nc1ccnn1C1CCN(Cc2ccccc2F)CC1)c1cccnc1. The molecule has 28 heavy (non-hydrogen) atoms. The van der Waals surface area contributed by atoms with E-state index in [2.05, 4.69) is 20.3 Å². The van der Waals surface area contributed by atoms with Crippen LogP contribution in [-0.2, 0) is 6.54 Å². The van der Waals surface area contributed by atoms with E-state index in [-0.39, 0.29) is 17.8 Å². The first kappa shape index (κ1) is 18.3. The van der Waals surface area contributed by atoms with Crippen LogP contribution >= 0.6 is 0 Å². The van der Waals surface area contributed by atoms with Crippen molar-refractivity contribution in [2.75, 3.05) is 18.4 Å². The molecule has 3 heterocycles. The number of hydrogen-bond donors (Lipinski definition) is 1. The van der Waals surface area contributed by atoms with Crippen molar-refractivity contribution in [3.8, 4) is 0 Å². The van der Waals surface area contributed by atoms with Crippen molar-refractivity contribution >= 4 is 11.7 Å². The molecule has 0 aliphatic carbocycles. The number of benzene rings is 1. The van der Waals surface area contributed by atoms with Crippen LogP contribution in [0.3, 0.4) is 0 Å². The lowest BCUT2D eigenvalue weighted by molar-refractivity contribution is 0.102. The number of pyridine rings is 1. The number of piperidine rings is 1. The van der Waals surface area contributed by atoms with Crippen LogP contribution in [0.15, 0.2) is 61.1 Å². The zero-order valence-electron chi connectivity index (χ0n) is 15.5. The van der Waals surface area contributed by atoms with Crippen LogP contribution in [0.2, 0.25) is 0 Å². The van der Waals surface area contributed by atoms with Gasteiger partial charge in [0.25, 0.3) is 5.91 Å². The first-order chi connectivity index (χ1) is 13.7. The molecule has 0 bridgehead atoms. The molecule has 0 saturated carbocycles. The Labute approximate surface area is 163 Å². The van der Waals surface area contributed by atoms with Crippen molar-refractivity contribution in [3.05, 3.63) is 78.0 Å². The number of rotatable bonds is 5. The minimum Gasteiger partial charge on any atom is -0.307 e. The predicted octanol–water partition coefficient (Wildman–Crippen LogP) is 3.51. The highest BCUT2D eigenvalue weighted by molar-refractivity contribution is 6.03. The standard InChI is InChI=1S/C21H22FN5O/c22-19-6-2-1-4-17(19)15-26-12-8-18(9-13-26)27-20(7-11-24-27)25-21(28)16-5-3-10-23-14-16/h1-7,10-11,14,18H,8-9,12-13,15H2,(H,25,28). The Morgan fingerprint density at radius 2 is 1.93 bits per heavy atom. The molecule has 0 spiro atoms. The summed E-state index contributed by atoms with van der Waals surface area (Å²) in [6, 6.07) is 12.4. The number of nitrogens with zero attached hydrogens (tertiary/aromatic N) is 4. The average molecular weight is 379 g/mol. The number of carbonyl (C=O) groups excluding carboxylic acids is 1. The molecule has 0 atom stereocenters. The zero-order valence-corrected chi connectivity index (χ0v) is 15.5. The molecule has 1 aliphatic rings. The number of carbonyl (C=O) groups is 1. The number of anilines is 1. The van der Waals surface area contributed by atoms with Crippen molar-refractivity contribution in [1.82, 2.24) is 19.7 Å². The maximum absolute atomic E-state index is 13.9. The molecule has 3 aromatic rings. The van der Waals surface area contributed by atoms with E-state index in [4.69, 9.17) is 0 Å². The molecular formula is C21H22FN5O. The van der Waals surface area contributed by atoms with Gasteiger partial charge in [-0.15, -0.1) is 0 Å². The highest BCUT2D eigenvalue weighted by Gasteiger charge is 2.24. The monoisotopic (exact) mass is 379 g/mol. The molecule has 1 saturated heterocycles. The van der Waals surface area contributed by atoms with Crippen LogP contribution in [0, 0.1) is 5.82 Å². The fourth-order valence-corrected chi connectivity index (χ4v) is 3.58. The van der Waals surface area contributed by atoms with Gasteiger partial charge in [0.05, 0.1) is 17.8 Å². The Balaban J connectivity index is 1.37. The van der Waals surface area contributed by atoms with Crippen LogP contribution in [0.25, 0.3) is 0 Å². The molecule has 144 valence electrons. The maximum atomic E-state index is 13.9. The third kappa shape index (κ3) is 4.09. The summed E-state index contributed by atoms with van der Waals surface area (Å²) in [7, 11) is 0. The lowest BCUT2D eigenvalue weighted by Crippen LogP contribution is -2.35. The molecule has 0 unspecified atom stereocenters. The van der Waals surface area contributed by atoms with Crippen molar-refractivity contribution in [2.24, 2.45) is 0 Å². The van der Waals surface area contributed by atoms with Gasteiger partial charge < -0.3 is 5.32 Å². The van der Waals surface area contributed by atoms with Gasteiger partial charge in [-0.3, -0.25) is 14.7 Å². The van der Waals surface area contributed by atoms with Gasteiger partial charge in [0.1, 0.15) is 11.6 Å². The highest BCUT2D eigenvalue weighted by atomic mass is 19.1.